The lowest BCUT2D eigenvalue weighted by molar-refractivity contribution is -0.107. The first-order valence-electron chi connectivity index (χ1n) is 11.6. The van der Waals surface area contributed by atoms with Gasteiger partial charge >= 0.3 is 0 Å². The van der Waals surface area contributed by atoms with Crippen molar-refractivity contribution in [3.05, 3.63) is 48.3 Å². The zero-order valence-corrected chi connectivity index (χ0v) is 19.5. The second-order valence-electron chi connectivity index (χ2n) is 9.19. The lowest BCUT2D eigenvalue weighted by atomic mass is 9.82. The van der Waals surface area contributed by atoms with E-state index in [0.29, 0.717) is 12.5 Å². The molecule has 1 atom stereocenters. The highest BCUT2D eigenvalue weighted by Gasteiger charge is 2.35. The Balaban J connectivity index is 1.65. The molecule has 31 heavy (non-hydrogen) atoms. The fourth-order valence-corrected chi connectivity index (χ4v) is 4.39. The molecule has 1 unspecified atom stereocenters. The van der Waals surface area contributed by atoms with E-state index in [4.69, 9.17) is 4.74 Å². The molecule has 0 spiro atoms. The number of amides is 1. The first kappa shape index (κ1) is 23.1. The number of fused-ring (bicyclic) bond motifs is 1. The average Bonchev–Trinajstić information content (AvgIpc) is 2.78. The average molecular weight is 424 g/mol. The molecule has 0 N–H and O–H groups in total. The van der Waals surface area contributed by atoms with E-state index in [0.717, 1.165) is 62.2 Å². The van der Waals surface area contributed by atoms with Gasteiger partial charge in [0.05, 0.1) is 0 Å². The SMILES string of the molecule is CCCC1(CCC(C)C)CCc2cc(N(C)CCN(C=O)c3ccncc3)ccc2O1. The summed E-state index contributed by atoms with van der Waals surface area (Å²) < 4.78 is 6.64. The van der Waals surface area contributed by atoms with Gasteiger partial charge in [-0.1, -0.05) is 27.2 Å². The Morgan fingerprint density at radius 1 is 1.13 bits per heavy atom. The Morgan fingerprint density at radius 2 is 1.90 bits per heavy atom. The van der Waals surface area contributed by atoms with E-state index in [-0.39, 0.29) is 5.60 Å². The number of pyridine rings is 1. The highest BCUT2D eigenvalue weighted by Crippen LogP contribution is 2.40. The first-order valence-corrected chi connectivity index (χ1v) is 11.6. The molecule has 0 radical (unpaired) electrons. The molecular formula is C26H37N3O2. The van der Waals surface area contributed by atoms with Gasteiger partial charge in [0, 0.05) is 43.9 Å². The van der Waals surface area contributed by atoms with E-state index in [2.05, 4.69) is 55.9 Å². The predicted molar refractivity (Wildman–Crippen MR) is 128 cm³/mol. The van der Waals surface area contributed by atoms with Crippen LogP contribution in [0, 0.1) is 5.92 Å². The summed E-state index contributed by atoms with van der Waals surface area (Å²) >= 11 is 0. The Hall–Kier alpha value is -2.56. The number of carbonyl (C=O) groups excluding carboxylic acids is 1. The van der Waals surface area contributed by atoms with Gasteiger partial charge in [0.15, 0.2) is 0 Å². The third-order valence-corrected chi connectivity index (χ3v) is 6.34. The molecule has 1 amide bonds. The maximum atomic E-state index is 11.5. The molecule has 1 aromatic heterocycles. The Kier molecular flexibility index (Phi) is 7.94. The molecule has 2 aromatic rings. The van der Waals surface area contributed by atoms with E-state index in [9.17, 15) is 4.79 Å². The standard InChI is InChI=1S/C26H37N3O2/c1-5-12-26(13-8-21(2)3)14-9-22-19-24(6-7-25(22)31-26)28(4)17-18-29(20-30)23-10-15-27-16-11-23/h6-7,10-11,15-16,19-21H,5,8-9,12-14,17-18H2,1-4H3. The van der Waals surface area contributed by atoms with Crippen LogP contribution in [0.5, 0.6) is 5.75 Å². The van der Waals surface area contributed by atoms with Gasteiger partial charge in [-0.3, -0.25) is 9.78 Å². The summed E-state index contributed by atoms with van der Waals surface area (Å²) in [5.41, 5.74) is 3.31. The molecule has 5 heteroatoms. The number of benzene rings is 1. The van der Waals surface area contributed by atoms with Gasteiger partial charge in [-0.2, -0.15) is 0 Å². The maximum Gasteiger partial charge on any atom is 0.214 e. The maximum absolute atomic E-state index is 11.5. The lowest BCUT2D eigenvalue weighted by Crippen LogP contribution is -2.40. The molecule has 0 bridgehead atoms. The number of aryl methyl sites for hydroxylation is 1. The fourth-order valence-electron chi connectivity index (χ4n) is 4.39. The fraction of sp³-hybridized carbons (Fsp3) is 0.538. The summed E-state index contributed by atoms with van der Waals surface area (Å²) in [5.74, 6) is 1.75. The van der Waals surface area contributed by atoms with Gasteiger partial charge in [0.25, 0.3) is 0 Å². The van der Waals surface area contributed by atoms with Crippen molar-refractivity contribution in [3.8, 4) is 5.75 Å². The third kappa shape index (κ3) is 5.99. The van der Waals surface area contributed by atoms with Crippen LogP contribution in [-0.4, -0.2) is 37.1 Å². The highest BCUT2D eigenvalue weighted by molar-refractivity contribution is 5.74. The molecule has 1 aromatic carbocycles. The minimum atomic E-state index is -0.00551. The molecule has 0 saturated heterocycles. The zero-order valence-electron chi connectivity index (χ0n) is 19.5. The topological polar surface area (TPSA) is 45.7 Å². The van der Waals surface area contributed by atoms with Crippen molar-refractivity contribution < 1.29 is 9.53 Å². The molecule has 3 rings (SSSR count). The van der Waals surface area contributed by atoms with E-state index in [1.165, 1.54) is 12.0 Å². The molecule has 0 aliphatic carbocycles. The van der Waals surface area contributed by atoms with Gasteiger partial charge in [-0.15, -0.1) is 0 Å². The quantitative estimate of drug-likeness (QED) is 0.449. The van der Waals surface area contributed by atoms with Crippen molar-refractivity contribution in [2.75, 3.05) is 29.9 Å². The zero-order chi connectivity index (χ0) is 22.3. The summed E-state index contributed by atoms with van der Waals surface area (Å²) in [6.45, 7) is 8.20. The number of likely N-dealkylation sites (N-methyl/N-ethyl adjacent to an activating group) is 1. The van der Waals surface area contributed by atoms with E-state index < -0.39 is 0 Å². The van der Waals surface area contributed by atoms with Gasteiger partial charge in [0.1, 0.15) is 11.4 Å². The van der Waals surface area contributed by atoms with Crippen molar-refractivity contribution in [1.82, 2.24) is 4.98 Å². The normalized spacial score (nSPS) is 17.7. The van der Waals surface area contributed by atoms with Crippen LogP contribution in [0.1, 0.15) is 58.4 Å². The molecular weight excluding hydrogens is 386 g/mol. The van der Waals surface area contributed by atoms with Gasteiger partial charge < -0.3 is 14.5 Å². The molecule has 2 heterocycles. The van der Waals surface area contributed by atoms with Gasteiger partial charge in [0.2, 0.25) is 6.41 Å². The van der Waals surface area contributed by atoms with Gasteiger partial charge in [-0.25, -0.2) is 0 Å². The van der Waals surface area contributed by atoms with Crippen LogP contribution in [0.15, 0.2) is 42.7 Å². The largest absolute Gasteiger partial charge is 0.487 e. The number of aromatic nitrogens is 1. The minimum absolute atomic E-state index is 0.00551. The van der Waals surface area contributed by atoms with Crippen LogP contribution in [0.2, 0.25) is 0 Å². The van der Waals surface area contributed by atoms with E-state index in [1.807, 2.05) is 12.1 Å². The Labute approximate surface area is 187 Å². The number of ether oxygens (including phenoxy) is 1. The van der Waals surface area contributed by atoms with Crippen LogP contribution in [0.25, 0.3) is 0 Å². The second kappa shape index (κ2) is 10.7. The van der Waals surface area contributed by atoms with Crippen LogP contribution in [-0.2, 0) is 11.2 Å². The lowest BCUT2D eigenvalue weighted by Gasteiger charge is -2.40. The molecule has 0 saturated carbocycles. The number of anilines is 2. The van der Waals surface area contributed by atoms with Crippen molar-refractivity contribution >= 4 is 17.8 Å². The summed E-state index contributed by atoms with van der Waals surface area (Å²) in [6, 6.07) is 10.2. The summed E-state index contributed by atoms with van der Waals surface area (Å²) in [4.78, 5) is 19.5. The molecule has 1 aliphatic rings. The number of nitrogens with zero attached hydrogens (tertiary/aromatic N) is 3. The van der Waals surface area contributed by atoms with E-state index >= 15 is 0 Å². The minimum Gasteiger partial charge on any atom is -0.487 e. The summed E-state index contributed by atoms with van der Waals surface area (Å²) in [7, 11) is 2.07. The summed E-state index contributed by atoms with van der Waals surface area (Å²) in [5, 5.41) is 0. The highest BCUT2D eigenvalue weighted by atomic mass is 16.5. The molecule has 5 nitrogen and oxygen atoms in total. The molecule has 168 valence electrons. The first-order chi connectivity index (χ1) is 15.0. The van der Waals surface area contributed by atoms with Gasteiger partial charge in [-0.05, 0) is 73.9 Å². The smallest absolute Gasteiger partial charge is 0.214 e. The number of carbonyl (C=O) groups is 1. The Bertz CT molecular complexity index is 840. The van der Waals surface area contributed by atoms with Crippen LogP contribution < -0.4 is 14.5 Å². The third-order valence-electron chi connectivity index (χ3n) is 6.34. The number of rotatable bonds is 11. The van der Waals surface area contributed by atoms with Crippen molar-refractivity contribution in [2.24, 2.45) is 5.92 Å². The second-order valence-corrected chi connectivity index (χ2v) is 9.19. The number of hydrogen-bond donors (Lipinski definition) is 0. The van der Waals surface area contributed by atoms with Crippen molar-refractivity contribution in [2.45, 2.75) is 64.9 Å². The summed E-state index contributed by atoms with van der Waals surface area (Å²) in [6.07, 6.45) is 11.1. The van der Waals surface area contributed by atoms with Crippen molar-refractivity contribution in [3.63, 3.8) is 0 Å². The van der Waals surface area contributed by atoms with Crippen molar-refractivity contribution in [1.29, 1.82) is 0 Å². The number of hydrogen-bond acceptors (Lipinski definition) is 4. The monoisotopic (exact) mass is 423 g/mol. The van der Waals surface area contributed by atoms with Crippen LogP contribution >= 0.6 is 0 Å². The predicted octanol–water partition coefficient (Wildman–Crippen LogP) is 5.48. The van der Waals surface area contributed by atoms with Crippen LogP contribution in [0.3, 0.4) is 0 Å². The molecule has 0 fully saturated rings. The Morgan fingerprint density at radius 3 is 2.58 bits per heavy atom. The van der Waals surface area contributed by atoms with E-state index in [1.54, 1.807) is 17.3 Å². The molecule has 1 aliphatic heterocycles. The van der Waals surface area contributed by atoms with Crippen LogP contribution in [0.4, 0.5) is 11.4 Å².